The number of ketones is 1. The van der Waals surface area contributed by atoms with Crippen LogP contribution in [0.1, 0.15) is 98.4 Å². The molecule has 3 heterocycles. The maximum atomic E-state index is 13.9. The molecule has 2 saturated carbocycles. The fraction of sp³-hybridized carbons (Fsp3) is 0.750. The second-order valence-electron chi connectivity index (χ2n) is 14.4. The molecule has 1 aromatic heterocycles. The van der Waals surface area contributed by atoms with Gasteiger partial charge in [-0.1, -0.05) is 34.6 Å². The number of esters is 2. The first-order valence-corrected chi connectivity index (χ1v) is 15.1. The second-order valence-corrected chi connectivity index (χ2v) is 14.4. The van der Waals surface area contributed by atoms with Crippen LogP contribution in [0.3, 0.4) is 0 Å². The number of aliphatic carboxylic acids is 1. The van der Waals surface area contributed by atoms with Gasteiger partial charge in [0.05, 0.1) is 11.8 Å². The third-order valence-corrected chi connectivity index (χ3v) is 11.1. The van der Waals surface area contributed by atoms with E-state index in [1.165, 1.54) is 26.4 Å². The average Bonchev–Trinajstić information content (AvgIpc) is 3.58. The van der Waals surface area contributed by atoms with E-state index in [-0.39, 0.29) is 31.5 Å². The summed E-state index contributed by atoms with van der Waals surface area (Å²) in [6, 6.07) is 1.55. The van der Waals surface area contributed by atoms with Crippen molar-refractivity contribution in [2.24, 2.45) is 22.7 Å². The van der Waals surface area contributed by atoms with Gasteiger partial charge in [0.1, 0.15) is 29.2 Å². The summed E-state index contributed by atoms with van der Waals surface area (Å²) in [5, 5.41) is 23.2. The Balaban J connectivity index is 1.80. The monoisotopic (exact) mass is 620 g/mol. The maximum Gasteiger partial charge on any atom is 0.303 e. The van der Waals surface area contributed by atoms with Crippen LogP contribution in [0.15, 0.2) is 23.0 Å². The first-order valence-electron chi connectivity index (χ1n) is 15.1. The number of ether oxygens (including phenoxy) is 5. The standard InChI is InChI=1S/C32H44O12/c1-10-28(8)31(15-26(5,6)23(37)20-11-12-39-14-20)25(41-19(4)34)32(38)24(40-18(3)33)27(7)16-30(32,43-29(9,42-28)44-31)17(2)21(27)13-22(35)36/h11-12,14,17,21,24-25,38H,10,13,15-16H2,1-9H3,(H,35,36). The Labute approximate surface area is 256 Å². The van der Waals surface area contributed by atoms with E-state index in [0.717, 1.165) is 0 Å². The Bertz CT molecular complexity index is 1370. The van der Waals surface area contributed by atoms with Gasteiger partial charge in [-0.2, -0.15) is 0 Å². The van der Waals surface area contributed by atoms with E-state index in [9.17, 15) is 29.4 Å². The number of carbonyl (C=O) groups is 4. The van der Waals surface area contributed by atoms with E-state index in [2.05, 4.69) is 0 Å². The average molecular weight is 621 g/mol. The number of carboxylic acid groups (broad SMARTS) is 1. The normalized spacial score (nSPS) is 44.1. The second kappa shape index (κ2) is 9.85. The van der Waals surface area contributed by atoms with E-state index in [0.29, 0.717) is 5.56 Å². The van der Waals surface area contributed by atoms with Crippen molar-refractivity contribution in [3.8, 4) is 0 Å². The van der Waals surface area contributed by atoms with E-state index in [4.69, 9.17) is 28.1 Å². The van der Waals surface area contributed by atoms with Gasteiger partial charge in [0.15, 0.2) is 17.5 Å². The van der Waals surface area contributed by atoms with E-state index < -0.39 is 81.2 Å². The van der Waals surface area contributed by atoms with Crippen LogP contribution in [-0.2, 0) is 38.1 Å². The number of aliphatic hydroxyl groups is 1. The molecule has 1 aromatic rings. The van der Waals surface area contributed by atoms with Crippen molar-refractivity contribution in [2.45, 2.75) is 129 Å². The van der Waals surface area contributed by atoms with Crippen LogP contribution in [0.4, 0.5) is 0 Å². The fourth-order valence-electron chi connectivity index (χ4n) is 9.40. The molecule has 0 aromatic carbocycles. The Morgan fingerprint density at radius 3 is 2.16 bits per heavy atom. The summed E-state index contributed by atoms with van der Waals surface area (Å²) < 4.78 is 37.5. The highest BCUT2D eigenvalue weighted by Crippen LogP contribution is 2.75. The zero-order chi connectivity index (χ0) is 32.9. The van der Waals surface area contributed by atoms with Crippen molar-refractivity contribution in [1.29, 1.82) is 0 Å². The summed E-state index contributed by atoms with van der Waals surface area (Å²) >= 11 is 0. The molecule has 10 unspecified atom stereocenters. The van der Waals surface area contributed by atoms with Crippen LogP contribution < -0.4 is 0 Å². The smallest absolute Gasteiger partial charge is 0.303 e. The van der Waals surface area contributed by atoms with Gasteiger partial charge in [-0.05, 0) is 44.1 Å². The van der Waals surface area contributed by atoms with E-state index in [1.54, 1.807) is 47.6 Å². The summed E-state index contributed by atoms with van der Waals surface area (Å²) in [7, 11) is 0. The Kier molecular flexibility index (Phi) is 7.29. The molecule has 0 radical (unpaired) electrons. The Morgan fingerprint density at radius 2 is 1.64 bits per heavy atom. The predicted molar refractivity (Wildman–Crippen MR) is 151 cm³/mol. The predicted octanol–water partition coefficient (Wildman–Crippen LogP) is 4.02. The topological polar surface area (TPSA) is 168 Å². The van der Waals surface area contributed by atoms with Crippen molar-refractivity contribution >= 4 is 23.7 Å². The molecule has 2 aliphatic heterocycles. The molecule has 2 N–H and O–H groups in total. The summed E-state index contributed by atoms with van der Waals surface area (Å²) in [6.45, 7) is 14.5. The number of hydrogen-bond acceptors (Lipinski definition) is 11. The molecule has 10 atom stereocenters. The lowest BCUT2D eigenvalue weighted by atomic mass is 9.55. The highest BCUT2D eigenvalue weighted by molar-refractivity contribution is 5.99. The van der Waals surface area contributed by atoms with Crippen LogP contribution in [0.25, 0.3) is 0 Å². The molecule has 5 rings (SSSR count). The first-order chi connectivity index (χ1) is 20.2. The number of hydrogen-bond donors (Lipinski definition) is 2. The van der Waals surface area contributed by atoms with E-state index in [1.807, 2.05) is 6.92 Å². The zero-order valence-electron chi connectivity index (χ0n) is 26.8. The van der Waals surface area contributed by atoms with Crippen LogP contribution in [0.2, 0.25) is 0 Å². The fourth-order valence-corrected chi connectivity index (χ4v) is 9.40. The minimum atomic E-state index is -2.25. The van der Waals surface area contributed by atoms with Gasteiger partial charge in [0, 0.05) is 38.0 Å². The van der Waals surface area contributed by atoms with Crippen molar-refractivity contribution < 1.29 is 57.5 Å². The van der Waals surface area contributed by atoms with Crippen molar-refractivity contribution in [3.05, 3.63) is 24.2 Å². The molecule has 0 amide bonds. The van der Waals surface area contributed by atoms with Gasteiger partial charge < -0.3 is 38.3 Å². The molecule has 12 nitrogen and oxygen atoms in total. The van der Waals surface area contributed by atoms with Crippen LogP contribution in [-0.4, -0.2) is 74.5 Å². The minimum Gasteiger partial charge on any atom is -0.481 e. The van der Waals surface area contributed by atoms with Crippen LogP contribution in [0, 0.1) is 22.7 Å². The summed E-state index contributed by atoms with van der Waals surface area (Å²) in [5.74, 6) is -5.88. The van der Waals surface area contributed by atoms with Gasteiger partial charge >= 0.3 is 17.9 Å². The number of carboxylic acids is 1. The van der Waals surface area contributed by atoms with Gasteiger partial charge in [0.25, 0.3) is 5.97 Å². The van der Waals surface area contributed by atoms with Crippen molar-refractivity contribution in [1.82, 2.24) is 0 Å². The molecule has 1 spiro atoms. The zero-order valence-corrected chi connectivity index (χ0v) is 26.8. The lowest BCUT2D eigenvalue weighted by Crippen LogP contribution is -2.78. The molecule has 4 bridgehead atoms. The minimum absolute atomic E-state index is 0.0594. The lowest BCUT2D eigenvalue weighted by Gasteiger charge is -2.59. The van der Waals surface area contributed by atoms with Crippen LogP contribution >= 0.6 is 0 Å². The number of fused-ring (bicyclic) bond motifs is 3. The maximum absolute atomic E-state index is 13.9. The number of rotatable bonds is 9. The Morgan fingerprint density at radius 1 is 1.02 bits per heavy atom. The molecule has 4 fully saturated rings. The quantitative estimate of drug-likeness (QED) is 0.301. The van der Waals surface area contributed by atoms with E-state index >= 15 is 0 Å². The highest BCUT2D eigenvalue weighted by Gasteiger charge is 2.89. The van der Waals surface area contributed by atoms with Crippen molar-refractivity contribution in [2.75, 3.05) is 0 Å². The molecule has 2 aliphatic carbocycles. The SMILES string of the molecule is CCC1(C)OC2(C)OC1(CC(C)(C)C(=O)c1ccoc1)C(OC(C)=O)C1(O)C(OC(C)=O)C3(C)CC1(O2)C(C)C3CC(=O)O. The summed E-state index contributed by atoms with van der Waals surface area (Å²) in [6.07, 6.45) is -0.257. The largest absolute Gasteiger partial charge is 0.481 e. The van der Waals surface area contributed by atoms with Gasteiger partial charge in [-0.3, -0.25) is 19.2 Å². The number of carbonyl (C=O) groups excluding carboxylic acids is 3. The van der Waals surface area contributed by atoms with Gasteiger partial charge in [-0.25, -0.2) is 0 Å². The highest BCUT2D eigenvalue weighted by atomic mass is 16.9. The molecular formula is C32H44O12. The third-order valence-electron chi connectivity index (χ3n) is 11.1. The summed E-state index contributed by atoms with van der Waals surface area (Å²) in [4.78, 5) is 51.6. The molecule has 4 aliphatic rings. The van der Waals surface area contributed by atoms with Crippen molar-refractivity contribution in [3.63, 3.8) is 0 Å². The molecular weight excluding hydrogens is 576 g/mol. The summed E-state index contributed by atoms with van der Waals surface area (Å²) in [5.41, 5.74) is -8.92. The molecule has 12 heteroatoms. The number of furan rings is 1. The van der Waals surface area contributed by atoms with Crippen LogP contribution in [0.5, 0.6) is 0 Å². The third kappa shape index (κ3) is 4.16. The molecule has 44 heavy (non-hydrogen) atoms. The van der Waals surface area contributed by atoms with Gasteiger partial charge in [-0.15, -0.1) is 0 Å². The molecule has 244 valence electrons. The number of Topliss-reactive ketones (excluding diaryl/α,β-unsaturated/α-hetero) is 1. The van der Waals surface area contributed by atoms with Gasteiger partial charge in [0.2, 0.25) is 0 Å². The molecule has 2 saturated heterocycles. The lowest BCUT2D eigenvalue weighted by molar-refractivity contribution is -0.397. The first kappa shape index (κ1) is 32.6. The Hall–Kier alpha value is -2.80.